The van der Waals surface area contributed by atoms with Crippen molar-refractivity contribution in [1.82, 2.24) is 0 Å². The maximum atomic E-state index is 11.7. The Morgan fingerprint density at radius 3 is 2.50 bits per heavy atom. The summed E-state index contributed by atoms with van der Waals surface area (Å²) in [5.41, 5.74) is 4.97. The zero-order chi connectivity index (χ0) is 17.1. The molecule has 0 fully saturated rings. The summed E-state index contributed by atoms with van der Waals surface area (Å²) in [6.45, 7) is 0.636. The smallest absolute Gasteiger partial charge is 0.337 e. The highest BCUT2D eigenvalue weighted by molar-refractivity contribution is 5.89. The van der Waals surface area contributed by atoms with E-state index in [2.05, 4.69) is 0 Å². The van der Waals surface area contributed by atoms with Gasteiger partial charge in [0.1, 0.15) is 12.7 Å². The number of ether oxygens (including phenoxy) is 2. The van der Waals surface area contributed by atoms with Crippen LogP contribution in [0.4, 0.5) is 0 Å². The molecule has 3 rings (SSSR count). The second-order valence-electron chi connectivity index (χ2n) is 5.75. The highest BCUT2D eigenvalue weighted by Gasteiger charge is 2.23. The maximum Gasteiger partial charge on any atom is 0.337 e. The predicted octanol–water partition coefficient (Wildman–Crippen LogP) is 2.33. The molecule has 2 aromatic rings. The van der Waals surface area contributed by atoms with Gasteiger partial charge in [-0.2, -0.15) is 0 Å². The monoisotopic (exact) mass is 326 g/mol. The van der Waals surface area contributed by atoms with Gasteiger partial charge in [-0.3, -0.25) is 4.79 Å². The Kier molecular flexibility index (Phi) is 4.62. The van der Waals surface area contributed by atoms with E-state index in [9.17, 15) is 14.7 Å². The molecule has 2 aromatic carbocycles. The minimum absolute atomic E-state index is 0.215. The molecule has 1 unspecified atom stereocenters. The molecule has 0 aromatic heterocycles. The van der Waals surface area contributed by atoms with Gasteiger partial charge in [0.2, 0.25) is 0 Å². The second-order valence-corrected chi connectivity index (χ2v) is 5.75. The molecular weight excluding hydrogens is 308 g/mol. The summed E-state index contributed by atoms with van der Waals surface area (Å²) in [5.74, 6) is -0.387. The fourth-order valence-electron chi connectivity index (χ4n) is 3.13. The average Bonchev–Trinajstić information content (AvgIpc) is 2.76. The number of fused-ring (bicyclic) bond motifs is 2. The van der Waals surface area contributed by atoms with Gasteiger partial charge in [-0.25, -0.2) is 4.79 Å². The van der Waals surface area contributed by atoms with E-state index in [1.165, 1.54) is 7.11 Å². The van der Waals surface area contributed by atoms with Crippen molar-refractivity contribution < 1.29 is 24.2 Å². The molecule has 24 heavy (non-hydrogen) atoms. The number of hydrogen-bond donors (Lipinski definition) is 1. The van der Waals surface area contributed by atoms with Gasteiger partial charge in [0.05, 0.1) is 12.7 Å². The van der Waals surface area contributed by atoms with E-state index in [0.29, 0.717) is 18.5 Å². The molecule has 0 spiro atoms. The molecule has 0 heterocycles. The van der Waals surface area contributed by atoms with E-state index in [0.717, 1.165) is 34.2 Å². The van der Waals surface area contributed by atoms with Gasteiger partial charge in [0, 0.05) is 0 Å². The van der Waals surface area contributed by atoms with Crippen molar-refractivity contribution in [2.75, 3.05) is 7.11 Å². The van der Waals surface area contributed by atoms with Crippen LogP contribution in [0.1, 0.15) is 44.3 Å². The SMILES string of the molecule is COC(=O)c1ccc2c(c1)CCc1cc(COC=O)ccc1C2O. The minimum Gasteiger partial charge on any atom is -0.465 e. The summed E-state index contributed by atoms with van der Waals surface area (Å²) in [5, 5.41) is 10.7. The van der Waals surface area contributed by atoms with Crippen molar-refractivity contribution in [2.45, 2.75) is 25.6 Å². The first-order valence-corrected chi connectivity index (χ1v) is 7.70. The van der Waals surface area contributed by atoms with E-state index in [1.54, 1.807) is 18.2 Å². The summed E-state index contributed by atoms with van der Waals surface area (Å²) in [6, 6.07) is 10.9. The van der Waals surface area contributed by atoms with Crippen molar-refractivity contribution >= 4 is 12.4 Å². The van der Waals surface area contributed by atoms with Gasteiger partial charge >= 0.3 is 5.97 Å². The zero-order valence-electron chi connectivity index (χ0n) is 13.3. The topological polar surface area (TPSA) is 72.8 Å². The normalized spacial score (nSPS) is 15.7. The summed E-state index contributed by atoms with van der Waals surface area (Å²) in [7, 11) is 1.35. The molecule has 1 N–H and O–H groups in total. The quantitative estimate of drug-likeness (QED) is 0.689. The third-order valence-electron chi connectivity index (χ3n) is 4.34. The molecule has 5 heteroatoms. The van der Waals surface area contributed by atoms with Gasteiger partial charge in [-0.05, 0) is 52.8 Å². The van der Waals surface area contributed by atoms with E-state index in [1.807, 2.05) is 18.2 Å². The van der Waals surface area contributed by atoms with Crippen LogP contribution in [0, 0.1) is 0 Å². The summed E-state index contributed by atoms with van der Waals surface area (Å²) < 4.78 is 9.55. The lowest BCUT2D eigenvalue weighted by Gasteiger charge is -2.15. The van der Waals surface area contributed by atoms with Crippen molar-refractivity contribution in [1.29, 1.82) is 0 Å². The van der Waals surface area contributed by atoms with Crippen LogP contribution < -0.4 is 0 Å². The van der Waals surface area contributed by atoms with Crippen molar-refractivity contribution in [3.05, 3.63) is 69.8 Å². The molecule has 1 atom stereocenters. The molecule has 0 aliphatic heterocycles. The molecule has 124 valence electrons. The van der Waals surface area contributed by atoms with Crippen molar-refractivity contribution in [3.63, 3.8) is 0 Å². The number of methoxy groups -OCH3 is 1. The molecular formula is C19H18O5. The molecule has 1 aliphatic carbocycles. The van der Waals surface area contributed by atoms with Crippen molar-refractivity contribution in [2.24, 2.45) is 0 Å². The number of benzene rings is 2. The number of aryl methyl sites for hydroxylation is 2. The molecule has 0 radical (unpaired) electrons. The first-order valence-electron chi connectivity index (χ1n) is 7.70. The number of carbonyl (C=O) groups excluding carboxylic acids is 2. The fourth-order valence-corrected chi connectivity index (χ4v) is 3.13. The summed E-state index contributed by atoms with van der Waals surface area (Å²) >= 11 is 0. The third-order valence-corrected chi connectivity index (χ3v) is 4.34. The predicted molar refractivity (Wildman–Crippen MR) is 86.5 cm³/mol. The van der Waals surface area contributed by atoms with Crippen LogP contribution in [0.2, 0.25) is 0 Å². The van der Waals surface area contributed by atoms with Gasteiger partial charge in [-0.15, -0.1) is 0 Å². The van der Waals surface area contributed by atoms with Crippen LogP contribution in [-0.2, 0) is 33.7 Å². The molecule has 0 saturated heterocycles. The average molecular weight is 326 g/mol. The largest absolute Gasteiger partial charge is 0.465 e. The van der Waals surface area contributed by atoms with E-state index in [-0.39, 0.29) is 12.6 Å². The lowest BCUT2D eigenvalue weighted by Crippen LogP contribution is -2.06. The molecule has 1 aliphatic rings. The Labute approximate surface area is 139 Å². The van der Waals surface area contributed by atoms with Crippen LogP contribution in [0.15, 0.2) is 36.4 Å². The fraction of sp³-hybridized carbons (Fsp3) is 0.263. The number of aliphatic hydroxyl groups is 1. The van der Waals surface area contributed by atoms with Crippen LogP contribution in [-0.4, -0.2) is 24.7 Å². The third kappa shape index (κ3) is 3.03. The molecule has 5 nitrogen and oxygen atoms in total. The molecule has 0 amide bonds. The first-order chi connectivity index (χ1) is 11.6. The molecule has 0 saturated carbocycles. The minimum atomic E-state index is -0.745. The van der Waals surface area contributed by atoms with Crippen LogP contribution in [0.5, 0.6) is 0 Å². The number of hydrogen-bond acceptors (Lipinski definition) is 5. The Morgan fingerprint density at radius 2 is 1.83 bits per heavy atom. The van der Waals surface area contributed by atoms with Crippen LogP contribution in [0.3, 0.4) is 0 Å². The number of carbonyl (C=O) groups is 2. The maximum absolute atomic E-state index is 11.7. The highest BCUT2D eigenvalue weighted by Crippen LogP contribution is 2.33. The highest BCUT2D eigenvalue weighted by atomic mass is 16.5. The van der Waals surface area contributed by atoms with E-state index in [4.69, 9.17) is 9.47 Å². The number of rotatable bonds is 4. The lowest BCUT2D eigenvalue weighted by atomic mass is 9.95. The van der Waals surface area contributed by atoms with Crippen LogP contribution in [0.25, 0.3) is 0 Å². The molecule has 0 bridgehead atoms. The Hall–Kier alpha value is -2.66. The Balaban J connectivity index is 1.95. The van der Waals surface area contributed by atoms with Gasteiger partial charge < -0.3 is 14.6 Å². The first kappa shape index (κ1) is 16.2. The van der Waals surface area contributed by atoms with E-state index < -0.39 is 6.10 Å². The van der Waals surface area contributed by atoms with E-state index >= 15 is 0 Å². The Bertz CT molecular complexity index is 781. The van der Waals surface area contributed by atoms with Crippen molar-refractivity contribution in [3.8, 4) is 0 Å². The standard InChI is InChI=1S/C19H18O5/c1-23-19(22)15-5-7-17-14(9-15)4-3-13-8-12(10-24-11-20)2-6-16(13)18(17)21/h2,5-9,11,18,21H,3-4,10H2,1H3. The number of aliphatic hydroxyl groups excluding tert-OH is 1. The Morgan fingerprint density at radius 1 is 1.17 bits per heavy atom. The van der Waals surface area contributed by atoms with Gasteiger partial charge in [0.15, 0.2) is 0 Å². The summed E-state index contributed by atoms with van der Waals surface area (Å²) in [6.07, 6.45) is 0.700. The number of esters is 1. The second kappa shape index (κ2) is 6.84. The lowest BCUT2D eigenvalue weighted by molar-refractivity contribution is -0.129. The van der Waals surface area contributed by atoms with Crippen LogP contribution >= 0.6 is 0 Å². The summed E-state index contributed by atoms with van der Waals surface area (Å²) in [4.78, 5) is 22.0. The van der Waals surface area contributed by atoms with Gasteiger partial charge in [-0.1, -0.05) is 24.3 Å². The zero-order valence-corrected chi connectivity index (χ0v) is 13.3. The van der Waals surface area contributed by atoms with Gasteiger partial charge in [0.25, 0.3) is 6.47 Å².